The highest BCUT2D eigenvalue weighted by Crippen LogP contribution is 2.35. The van der Waals surface area contributed by atoms with Crippen molar-refractivity contribution < 1.29 is 14.4 Å². The highest BCUT2D eigenvalue weighted by molar-refractivity contribution is 5.32. The lowest BCUT2D eigenvalue weighted by atomic mass is 10.0. The second-order valence-corrected chi connectivity index (χ2v) is 5.91. The maximum Gasteiger partial charge on any atom is 0.138 e. The largest absolute Gasteiger partial charge is 0.497 e. The molecule has 1 saturated heterocycles. The number of aromatic nitrogens is 1. The molecule has 118 valence electrons. The molecule has 1 fully saturated rings. The van der Waals surface area contributed by atoms with Crippen LogP contribution in [0.3, 0.4) is 0 Å². The fraction of sp³-hybridized carbons (Fsp3) is 0.471. The van der Waals surface area contributed by atoms with Crippen LogP contribution in [0.15, 0.2) is 28.8 Å². The number of ether oxygens (including phenoxy) is 1. The number of methoxy groups -OCH3 is 1. The number of rotatable bonds is 4. The zero-order chi connectivity index (χ0) is 15.7. The van der Waals surface area contributed by atoms with Crippen molar-refractivity contribution in [2.24, 2.45) is 0 Å². The number of hydrogen-bond donors (Lipinski definition) is 1. The van der Waals surface area contributed by atoms with E-state index in [0.717, 1.165) is 35.7 Å². The first-order valence-corrected chi connectivity index (χ1v) is 7.56. The quantitative estimate of drug-likeness (QED) is 0.941. The Hall–Kier alpha value is -1.85. The van der Waals surface area contributed by atoms with E-state index in [9.17, 15) is 5.11 Å². The third-order valence-electron chi connectivity index (χ3n) is 4.40. The van der Waals surface area contributed by atoms with Crippen LogP contribution < -0.4 is 4.74 Å². The number of likely N-dealkylation sites (tertiary alicyclic amines) is 1. The summed E-state index contributed by atoms with van der Waals surface area (Å²) in [6.07, 6.45) is 0.424. The summed E-state index contributed by atoms with van der Waals surface area (Å²) >= 11 is 0. The van der Waals surface area contributed by atoms with Crippen molar-refractivity contribution in [3.05, 3.63) is 46.8 Å². The Morgan fingerprint density at radius 3 is 2.91 bits per heavy atom. The molecule has 5 heteroatoms. The van der Waals surface area contributed by atoms with Gasteiger partial charge in [0.05, 0.1) is 18.9 Å². The zero-order valence-electron chi connectivity index (χ0n) is 13.2. The lowest BCUT2D eigenvalue weighted by molar-refractivity contribution is 0.172. The van der Waals surface area contributed by atoms with Gasteiger partial charge in [-0.25, -0.2) is 0 Å². The summed E-state index contributed by atoms with van der Waals surface area (Å²) in [5, 5.41) is 14.1. The molecule has 1 aromatic carbocycles. The molecular formula is C17H22N2O3. The van der Waals surface area contributed by atoms with Gasteiger partial charge in [-0.3, -0.25) is 4.90 Å². The molecule has 0 saturated carbocycles. The van der Waals surface area contributed by atoms with Crippen LogP contribution in [0.25, 0.3) is 0 Å². The van der Waals surface area contributed by atoms with E-state index in [1.807, 2.05) is 32.0 Å². The van der Waals surface area contributed by atoms with Crippen LogP contribution in [0, 0.1) is 13.8 Å². The summed E-state index contributed by atoms with van der Waals surface area (Å²) in [5.74, 6) is 1.69. The standard InChI is InChI=1S/C17H22N2O3/c1-11-16(12(2)22-18-11)10-19-9-14(20)8-17(19)13-5-4-6-15(7-13)21-3/h4-7,14,17,20H,8-10H2,1-3H3. The monoisotopic (exact) mass is 302 g/mol. The fourth-order valence-corrected chi connectivity index (χ4v) is 3.18. The van der Waals surface area contributed by atoms with E-state index in [2.05, 4.69) is 16.1 Å². The van der Waals surface area contributed by atoms with Crippen LogP contribution in [0.5, 0.6) is 5.75 Å². The van der Waals surface area contributed by atoms with Crippen LogP contribution in [0.1, 0.15) is 35.0 Å². The minimum Gasteiger partial charge on any atom is -0.497 e. The molecule has 1 aliphatic heterocycles. The van der Waals surface area contributed by atoms with Gasteiger partial charge in [-0.2, -0.15) is 0 Å². The average molecular weight is 302 g/mol. The number of hydrogen-bond acceptors (Lipinski definition) is 5. The lowest BCUT2D eigenvalue weighted by Crippen LogP contribution is -2.24. The van der Waals surface area contributed by atoms with Gasteiger partial charge in [0.15, 0.2) is 0 Å². The van der Waals surface area contributed by atoms with Crippen molar-refractivity contribution in [2.75, 3.05) is 13.7 Å². The SMILES string of the molecule is COc1cccc(C2CC(O)CN2Cc2c(C)noc2C)c1. The number of β-amino-alcohol motifs (C(OH)–C–C–N with tert-alkyl or cyclic N) is 1. The van der Waals surface area contributed by atoms with Crippen LogP contribution in [0.2, 0.25) is 0 Å². The summed E-state index contributed by atoms with van der Waals surface area (Å²) in [6, 6.07) is 8.24. The van der Waals surface area contributed by atoms with Gasteiger partial charge >= 0.3 is 0 Å². The molecule has 2 aromatic rings. The van der Waals surface area contributed by atoms with Crippen LogP contribution >= 0.6 is 0 Å². The molecule has 0 aliphatic carbocycles. The predicted octanol–water partition coefficient (Wildman–Crippen LogP) is 2.61. The van der Waals surface area contributed by atoms with Crippen molar-refractivity contribution in [1.82, 2.24) is 10.1 Å². The third kappa shape index (κ3) is 2.87. The molecule has 2 heterocycles. The summed E-state index contributed by atoms with van der Waals surface area (Å²) in [4.78, 5) is 2.28. The van der Waals surface area contributed by atoms with Gasteiger partial charge in [0, 0.05) is 24.7 Å². The molecule has 22 heavy (non-hydrogen) atoms. The molecule has 2 atom stereocenters. The molecule has 5 nitrogen and oxygen atoms in total. The van der Waals surface area contributed by atoms with Gasteiger partial charge in [-0.05, 0) is 38.0 Å². The van der Waals surface area contributed by atoms with Crippen LogP contribution in [-0.4, -0.2) is 34.9 Å². The van der Waals surface area contributed by atoms with Crippen molar-refractivity contribution in [3.63, 3.8) is 0 Å². The molecule has 0 spiro atoms. The highest BCUT2D eigenvalue weighted by atomic mass is 16.5. The Balaban J connectivity index is 1.86. The number of nitrogens with zero attached hydrogens (tertiary/aromatic N) is 2. The first-order valence-electron chi connectivity index (χ1n) is 7.56. The molecule has 1 aromatic heterocycles. The predicted molar refractivity (Wildman–Crippen MR) is 82.7 cm³/mol. The topological polar surface area (TPSA) is 58.7 Å². The van der Waals surface area contributed by atoms with Gasteiger partial charge < -0.3 is 14.4 Å². The minimum absolute atomic E-state index is 0.179. The number of benzene rings is 1. The molecule has 1 N–H and O–H groups in total. The van der Waals surface area contributed by atoms with Gasteiger partial charge in [-0.1, -0.05) is 17.3 Å². The van der Waals surface area contributed by atoms with E-state index in [1.54, 1.807) is 7.11 Å². The smallest absolute Gasteiger partial charge is 0.138 e. The van der Waals surface area contributed by atoms with Crippen molar-refractivity contribution in [3.8, 4) is 5.75 Å². The Morgan fingerprint density at radius 1 is 1.41 bits per heavy atom. The molecule has 0 bridgehead atoms. The van der Waals surface area contributed by atoms with Crippen LogP contribution in [0.4, 0.5) is 0 Å². The summed E-state index contributed by atoms with van der Waals surface area (Å²) in [5.41, 5.74) is 3.20. The molecule has 3 rings (SSSR count). The maximum atomic E-state index is 10.1. The Bertz CT molecular complexity index is 634. The number of aliphatic hydroxyl groups excluding tert-OH is 1. The summed E-state index contributed by atoms with van der Waals surface area (Å²) in [6.45, 7) is 5.29. The molecular weight excluding hydrogens is 280 g/mol. The maximum absolute atomic E-state index is 10.1. The van der Waals surface area contributed by atoms with E-state index >= 15 is 0 Å². The third-order valence-corrected chi connectivity index (χ3v) is 4.40. The van der Waals surface area contributed by atoms with Gasteiger partial charge in [-0.15, -0.1) is 0 Å². The minimum atomic E-state index is -0.309. The Morgan fingerprint density at radius 2 is 2.23 bits per heavy atom. The molecule has 1 aliphatic rings. The van der Waals surface area contributed by atoms with Gasteiger partial charge in [0.2, 0.25) is 0 Å². The second kappa shape index (κ2) is 6.10. The van der Waals surface area contributed by atoms with Crippen LogP contribution in [-0.2, 0) is 6.54 Å². The first-order chi connectivity index (χ1) is 10.6. The van der Waals surface area contributed by atoms with Gasteiger partial charge in [0.25, 0.3) is 0 Å². The highest BCUT2D eigenvalue weighted by Gasteiger charge is 2.33. The van der Waals surface area contributed by atoms with E-state index < -0.39 is 0 Å². The van der Waals surface area contributed by atoms with E-state index in [0.29, 0.717) is 6.54 Å². The number of aliphatic hydroxyl groups is 1. The summed E-state index contributed by atoms with van der Waals surface area (Å²) < 4.78 is 10.6. The lowest BCUT2D eigenvalue weighted by Gasteiger charge is -2.24. The molecule has 0 radical (unpaired) electrons. The Labute approximate surface area is 130 Å². The van der Waals surface area contributed by atoms with Crippen molar-refractivity contribution in [2.45, 2.75) is 39.0 Å². The Kier molecular flexibility index (Phi) is 4.18. The molecule has 0 amide bonds. The zero-order valence-corrected chi connectivity index (χ0v) is 13.2. The summed E-state index contributed by atoms with van der Waals surface area (Å²) in [7, 11) is 1.67. The van der Waals surface area contributed by atoms with Crippen molar-refractivity contribution >= 4 is 0 Å². The molecule has 2 unspecified atom stereocenters. The van der Waals surface area contributed by atoms with Gasteiger partial charge in [0.1, 0.15) is 11.5 Å². The average Bonchev–Trinajstić information content (AvgIpc) is 3.04. The van der Waals surface area contributed by atoms with E-state index in [1.165, 1.54) is 5.56 Å². The van der Waals surface area contributed by atoms with E-state index in [4.69, 9.17) is 9.26 Å². The second-order valence-electron chi connectivity index (χ2n) is 5.91. The van der Waals surface area contributed by atoms with Crippen molar-refractivity contribution in [1.29, 1.82) is 0 Å². The fourth-order valence-electron chi connectivity index (χ4n) is 3.18. The normalized spacial score (nSPS) is 22.2. The number of aryl methyl sites for hydroxylation is 2. The van der Waals surface area contributed by atoms with E-state index in [-0.39, 0.29) is 12.1 Å². The first kappa shape index (κ1) is 15.1.